The molecule has 1 amide bonds. The van der Waals surface area contributed by atoms with E-state index < -0.39 is 4.92 Å². The van der Waals surface area contributed by atoms with Gasteiger partial charge in [-0.2, -0.15) is 0 Å². The monoisotopic (exact) mass is 412 g/mol. The van der Waals surface area contributed by atoms with Gasteiger partial charge in [-0.05, 0) is 35.2 Å². The van der Waals surface area contributed by atoms with Gasteiger partial charge in [-0.3, -0.25) is 14.9 Å². The highest BCUT2D eigenvalue weighted by molar-refractivity contribution is 7.99. The summed E-state index contributed by atoms with van der Waals surface area (Å²) in [7, 11) is 0. The topological polar surface area (TPSA) is 111 Å². The number of hydrogen-bond acceptors (Lipinski definition) is 7. The molecule has 0 saturated carbocycles. The average Bonchev–Trinajstić information content (AvgIpc) is 3.15. The number of aromatic nitrogens is 2. The minimum absolute atomic E-state index is 0.0185. The molecule has 0 radical (unpaired) electrons. The predicted molar refractivity (Wildman–Crippen MR) is 111 cm³/mol. The Hall–Kier alpha value is -3.20. The van der Waals surface area contributed by atoms with E-state index in [2.05, 4.69) is 36.3 Å². The summed E-state index contributed by atoms with van der Waals surface area (Å²) in [5.41, 5.74) is 2.51. The maximum Gasteiger partial charge on any atom is 0.277 e. The van der Waals surface area contributed by atoms with Crippen LogP contribution >= 0.6 is 11.8 Å². The van der Waals surface area contributed by atoms with Crippen molar-refractivity contribution >= 4 is 29.0 Å². The molecule has 0 aliphatic carbocycles. The fraction of sp³-hybridized carbons (Fsp3) is 0.250. The molecule has 150 valence electrons. The van der Waals surface area contributed by atoms with Gasteiger partial charge in [0.05, 0.1) is 10.7 Å². The van der Waals surface area contributed by atoms with Crippen LogP contribution in [0, 0.1) is 10.1 Å². The van der Waals surface area contributed by atoms with E-state index in [-0.39, 0.29) is 33.9 Å². The van der Waals surface area contributed by atoms with Gasteiger partial charge in [-0.25, -0.2) is 0 Å². The van der Waals surface area contributed by atoms with Crippen molar-refractivity contribution in [2.45, 2.75) is 31.4 Å². The third-order valence-electron chi connectivity index (χ3n) is 4.09. The zero-order valence-electron chi connectivity index (χ0n) is 16.2. The Kier molecular flexibility index (Phi) is 5.97. The molecule has 0 unspecified atom stereocenters. The third kappa shape index (κ3) is 5.41. The minimum atomic E-state index is -0.478. The molecule has 29 heavy (non-hydrogen) atoms. The molecule has 1 aromatic heterocycles. The van der Waals surface area contributed by atoms with Crippen LogP contribution < -0.4 is 5.32 Å². The van der Waals surface area contributed by atoms with Crippen LogP contribution in [0.4, 0.5) is 11.4 Å². The van der Waals surface area contributed by atoms with Gasteiger partial charge in [0.15, 0.2) is 0 Å². The van der Waals surface area contributed by atoms with Gasteiger partial charge in [-0.1, -0.05) is 44.7 Å². The molecular formula is C20H20N4O4S. The number of nitro groups is 1. The number of nitro benzene ring substituents is 1. The maximum atomic E-state index is 12.2. The number of nitrogens with one attached hydrogen (secondary N) is 1. The highest BCUT2D eigenvalue weighted by Crippen LogP contribution is 2.26. The summed E-state index contributed by atoms with van der Waals surface area (Å²) in [5, 5.41) is 21.6. The maximum absolute atomic E-state index is 12.2. The van der Waals surface area contributed by atoms with Gasteiger partial charge in [0.1, 0.15) is 0 Å². The summed E-state index contributed by atoms with van der Waals surface area (Å²) in [5.74, 6) is 0.164. The molecule has 8 nitrogen and oxygen atoms in total. The average molecular weight is 412 g/mol. The number of nitrogens with zero attached hydrogens (tertiary/aromatic N) is 3. The molecule has 0 saturated heterocycles. The molecule has 1 heterocycles. The third-order valence-corrected chi connectivity index (χ3v) is 4.91. The molecule has 0 spiro atoms. The van der Waals surface area contributed by atoms with Crippen molar-refractivity contribution in [2.24, 2.45) is 0 Å². The van der Waals surface area contributed by atoms with E-state index in [4.69, 9.17) is 4.42 Å². The lowest BCUT2D eigenvalue weighted by atomic mass is 9.87. The number of carbonyl (C=O) groups excluding carboxylic acids is 1. The number of benzene rings is 2. The van der Waals surface area contributed by atoms with Crippen molar-refractivity contribution in [2.75, 3.05) is 11.1 Å². The SMILES string of the molecule is CC(C)(C)c1ccc(NC(=O)CSc2nnc(-c3ccc([N+](=O)[O-])cc3)o2)cc1. The Morgan fingerprint density at radius 1 is 1.10 bits per heavy atom. The largest absolute Gasteiger partial charge is 0.411 e. The molecule has 0 aliphatic rings. The molecule has 1 N–H and O–H groups in total. The van der Waals surface area contributed by atoms with Crippen LogP contribution in [0.25, 0.3) is 11.5 Å². The summed E-state index contributed by atoms with van der Waals surface area (Å²) in [6.07, 6.45) is 0. The number of amides is 1. The van der Waals surface area contributed by atoms with Gasteiger partial charge in [-0.15, -0.1) is 10.2 Å². The molecule has 3 rings (SSSR count). The zero-order valence-corrected chi connectivity index (χ0v) is 17.0. The van der Waals surface area contributed by atoms with Crippen molar-refractivity contribution in [3.05, 3.63) is 64.2 Å². The summed E-state index contributed by atoms with van der Waals surface area (Å²) in [6, 6.07) is 13.6. The number of rotatable bonds is 6. The fourth-order valence-electron chi connectivity index (χ4n) is 2.49. The second-order valence-corrected chi connectivity index (χ2v) is 8.27. The molecule has 0 bridgehead atoms. The minimum Gasteiger partial charge on any atom is -0.411 e. The van der Waals surface area contributed by atoms with Crippen LogP contribution in [-0.4, -0.2) is 26.8 Å². The Bertz CT molecular complexity index is 1010. The van der Waals surface area contributed by atoms with Crippen LogP contribution in [0.1, 0.15) is 26.3 Å². The first-order valence-electron chi connectivity index (χ1n) is 8.84. The first-order valence-corrected chi connectivity index (χ1v) is 9.82. The normalized spacial score (nSPS) is 11.3. The predicted octanol–water partition coefficient (Wildman–Crippen LogP) is 4.67. The second kappa shape index (κ2) is 8.44. The highest BCUT2D eigenvalue weighted by atomic mass is 32.2. The van der Waals surface area contributed by atoms with Gasteiger partial charge in [0.2, 0.25) is 11.8 Å². The van der Waals surface area contributed by atoms with E-state index in [1.807, 2.05) is 24.3 Å². The van der Waals surface area contributed by atoms with Crippen LogP contribution in [0.15, 0.2) is 58.2 Å². The van der Waals surface area contributed by atoms with Crippen LogP contribution in [0.5, 0.6) is 0 Å². The van der Waals surface area contributed by atoms with E-state index in [1.165, 1.54) is 29.8 Å². The molecule has 0 fully saturated rings. The Morgan fingerprint density at radius 2 is 1.76 bits per heavy atom. The highest BCUT2D eigenvalue weighted by Gasteiger charge is 2.15. The van der Waals surface area contributed by atoms with Crippen molar-refractivity contribution in [3.63, 3.8) is 0 Å². The van der Waals surface area contributed by atoms with Crippen molar-refractivity contribution in [1.29, 1.82) is 0 Å². The van der Waals surface area contributed by atoms with E-state index in [0.717, 1.165) is 17.4 Å². The summed E-state index contributed by atoms with van der Waals surface area (Å²) < 4.78 is 5.51. The first-order chi connectivity index (χ1) is 13.7. The van der Waals surface area contributed by atoms with E-state index in [1.54, 1.807) is 0 Å². The quantitative estimate of drug-likeness (QED) is 0.356. The first kappa shape index (κ1) is 20.5. The Balaban J connectivity index is 1.55. The van der Waals surface area contributed by atoms with E-state index in [0.29, 0.717) is 5.56 Å². The van der Waals surface area contributed by atoms with Crippen LogP contribution in [0.3, 0.4) is 0 Å². The lowest BCUT2D eigenvalue weighted by Gasteiger charge is -2.19. The molecular weight excluding hydrogens is 392 g/mol. The van der Waals surface area contributed by atoms with Gasteiger partial charge >= 0.3 is 0 Å². The standard InChI is InChI=1S/C20H20N4O4S/c1-20(2,3)14-6-8-15(9-7-14)21-17(25)12-29-19-23-22-18(28-19)13-4-10-16(11-5-13)24(26)27/h4-11H,12H2,1-3H3,(H,21,25). The zero-order chi connectivity index (χ0) is 21.0. The Morgan fingerprint density at radius 3 is 2.34 bits per heavy atom. The summed E-state index contributed by atoms with van der Waals surface area (Å²) in [4.78, 5) is 22.4. The van der Waals surface area contributed by atoms with Crippen molar-refractivity contribution in [3.8, 4) is 11.5 Å². The molecule has 2 aromatic carbocycles. The van der Waals surface area contributed by atoms with Crippen molar-refractivity contribution < 1.29 is 14.1 Å². The number of anilines is 1. The van der Waals surface area contributed by atoms with E-state index >= 15 is 0 Å². The van der Waals surface area contributed by atoms with Crippen LogP contribution in [0.2, 0.25) is 0 Å². The molecule has 0 aliphatic heterocycles. The van der Waals surface area contributed by atoms with Gasteiger partial charge in [0.25, 0.3) is 10.9 Å². The summed E-state index contributed by atoms with van der Waals surface area (Å²) >= 11 is 1.12. The number of thioether (sulfide) groups is 1. The van der Waals surface area contributed by atoms with E-state index in [9.17, 15) is 14.9 Å². The smallest absolute Gasteiger partial charge is 0.277 e. The molecule has 0 atom stereocenters. The number of hydrogen-bond donors (Lipinski definition) is 1. The lowest BCUT2D eigenvalue weighted by Crippen LogP contribution is -2.15. The fourth-order valence-corrected chi connectivity index (χ4v) is 3.05. The van der Waals surface area contributed by atoms with Crippen molar-refractivity contribution in [1.82, 2.24) is 10.2 Å². The summed E-state index contributed by atoms with van der Waals surface area (Å²) in [6.45, 7) is 6.39. The van der Waals surface area contributed by atoms with Crippen LogP contribution in [-0.2, 0) is 10.2 Å². The van der Waals surface area contributed by atoms with Gasteiger partial charge in [0, 0.05) is 23.4 Å². The molecule has 3 aromatic rings. The second-order valence-electron chi connectivity index (χ2n) is 7.34. The lowest BCUT2D eigenvalue weighted by molar-refractivity contribution is -0.384. The number of non-ortho nitro benzene ring substituents is 1. The number of carbonyl (C=O) groups is 1. The van der Waals surface area contributed by atoms with Gasteiger partial charge < -0.3 is 9.73 Å². The molecule has 9 heteroatoms. The Labute approximate surface area is 171 Å².